The Morgan fingerprint density at radius 3 is 2.50 bits per heavy atom. The van der Waals surface area contributed by atoms with E-state index in [1.807, 2.05) is 26.8 Å². The van der Waals surface area contributed by atoms with Crippen molar-refractivity contribution in [1.82, 2.24) is 15.0 Å². The fourth-order valence-electron chi connectivity index (χ4n) is 1.62. The molecule has 0 aliphatic carbocycles. The van der Waals surface area contributed by atoms with Crippen molar-refractivity contribution in [3.63, 3.8) is 0 Å². The molecule has 0 unspecified atom stereocenters. The molecule has 0 bridgehead atoms. The topological polar surface area (TPSA) is 64.7 Å². The molecular weight excluding hydrogens is 220 g/mol. The number of hydrogen-bond acceptors (Lipinski definition) is 5. The van der Waals surface area contributed by atoms with E-state index in [1.54, 1.807) is 11.3 Å². The summed E-state index contributed by atoms with van der Waals surface area (Å²) in [6, 6.07) is 1.94. The largest absolute Gasteiger partial charge is 0.325 e. The molecule has 0 saturated carbocycles. The molecule has 0 aromatic carbocycles. The lowest BCUT2D eigenvalue weighted by Gasteiger charge is -2.03. The smallest absolute Gasteiger partial charge is 0.126 e. The van der Waals surface area contributed by atoms with Crippen LogP contribution < -0.4 is 5.73 Å². The number of thiazole rings is 1. The monoisotopic (exact) mass is 234 g/mol. The van der Waals surface area contributed by atoms with Crippen LogP contribution in [0.15, 0.2) is 6.07 Å². The van der Waals surface area contributed by atoms with E-state index in [0.717, 1.165) is 32.8 Å². The third-order valence-electron chi connectivity index (χ3n) is 2.24. The van der Waals surface area contributed by atoms with Crippen LogP contribution in [0.2, 0.25) is 0 Å². The Balaban J connectivity index is 2.55. The Bertz CT molecular complexity index is 519. The lowest BCUT2D eigenvalue weighted by atomic mass is 10.2. The van der Waals surface area contributed by atoms with Gasteiger partial charge >= 0.3 is 0 Å². The summed E-state index contributed by atoms with van der Waals surface area (Å²) in [4.78, 5) is 14.2. The van der Waals surface area contributed by atoms with E-state index in [0.29, 0.717) is 6.54 Å². The fraction of sp³-hybridized carbons (Fsp3) is 0.364. The first kappa shape index (κ1) is 11.2. The second kappa shape index (κ2) is 4.27. The minimum atomic E-state index is 0.438. The summed E-state index contributed by atoms with van der Waals surface area (Å²) in [6.45, 7) is 6.32. The molecule has 84 valence electrons. The SMILES string of the molecule is Cc1nc(CN)cc(-c2sc(C)nc2C)n1. The maximum absolute atomic E-state index is 5.61. The molecule has 0 atom stereocenters. The highest BCUT2D eigenvalue weighted by atomic mass is 32.1. The van der Waals surface area contributed by atoms with Crippen molar-refractivity contribution in [3.8, 4) is 10.6 Å². The molecule has 4 nitrogen and oxygen atoms in total. The molecule has 2 rings (SSSR count). The molecule has 0 radical (unpaired) electrons. The maximum Gasteiger partial charge on any atom is 0.126 e. The van der Waals surface area contributed by atoms with Gasteiger partial charge in [0.1, 0.15) is 5.82 Å². The first-order valence-electron chi connectivity index (χ1n) is 5.09. The molecule has 0 amide bonds. The van der Waals surface area contributed by atoms with E-state index in [-0.39, 0.29) is 0 Å². The number of nitrogens with zero attached hydrogens (tertiary/aromatic N) is 3. The van der Waals surface area contributed by atoms with Crippen LogP contribution in [0.5, 0.6) is 0 Å². The average Bonchev–Trinajstić information content (AvgIpc) is 2.57. The first-order chi connectivity index (χ1) is 7.60. The average molecular weight is 234 g/mol. The predicted molar refractivity (Wildman–Crippen MR) is 65.2 cm³/mol. The molecule has 2 heterocycles. The first-order valence-corrected chi connectivity index (χ1v) is 5.91. The summed E-state index contributed by atoms with van der Waals surface area (Å²) in [5.41, 5.74) is 8.42. The van der Waals surface area contributed by atoms with Gasteiger partial charge in [-0.25, -0.2) is 15.0 Å². The van der Waals surface area contributed by atoms with Crippen LogP contribution in [0, 0.1) is 20.8 Å². The summed E-state index contributed by atoms with van der Waals surface area (Å²) >= 11 is 1.65. The predicted octanol–water partition coefficient (Wildman–Crippen LogP) is 1.98. The van der Waals surface area contributed by atoms with Crippen molar-refractivity contribution in [3.05, 3.63) is 28.3 Å². The van der Waals surface area contributed by atoms with E-state index in [4.69, 9.17) is 5.73 Å². The third-order valence-corrected chi connectivity index (χ3v) is 3.33. The summed E-state index contributed by atoms with van der Waals surface area (Å²) in [7, 11) is 0. The van der Waals surface area contributed by atoms with Gasteiger partial charge in [-0.15, -0.1) is 11.3 Å². The number of nitrogens with two attached hydrogens (primary N) is 1. The lowest BCUT2D eigenvalue weighted by molar-refractivity contribution is 0.929. The third kappa shape index (κ3) is 2.10. The normalized spacial score (nSPS) is 10.8. The number of aromatic nitrogens is 3. The Morgan fingerprint density at radius 1 is 1.19 bits per heavy atom. The Hall–Kier alpha value is -1.33. The van der Waals surface area contributed by atoms with Crippen molar-refractivity contribution in [2.24, 2.45) is 5.73 Å². The van der Waals surface area contributed by atoms with Gasteiger partial charge in [0.25, 0.3) is 0 Å². The fourth-order valence-corrected chi connectivity index (χ4v) is 2.50. The minimum Gasteiger partial charge on any atom is -0.325 e. The van der Waals surface area contributed by atoms with Gasteiger partial charge in [0.15, 0.2) is 0 Å². The molecule has 2 aromatic rings. The summed E-state index contributed by atoms with van der Waals surface area (Å²) < 4.78 is 0. The molecular formula is C11H14N4S. The zero-order chi connectivity index (χ0) is 11.7. The van der Waals surface area contributed by atoms with Crippen molar-refractivity contribution in [2.75, 3.05) is 0 Å². The van der Waals surface area contributed by atoms with E-state index >= 15 is 0 Å². The van der Waals surface area contributed by atoms with E-state index in [9.17, 15) is 0 Å². The van der Waals surface area contributed by atoms with E-state index in [1.165, 1.54) is 0 Å². The van der Waals surface area contributed by atoms with Gasteiger partial charge in [-0.05, 0) is 26.8 Å². The van der Waals surface area contributed by atoms with Gasteiger partial charge in [0, 0.05) is 6.54 Å². The van der Waals surface area contributed by atoms with Gasteiger partial charge in [0.2, 0.25) is 0 Å². The second-order valence-corrected chi connectivity index (χ2v) is 4.85. The van der Waals surface area contributed by atoms with Crippen molar-refractivity contribution in [1.29, 1.82) is 0 Å². The van der Waals surface area contributed by atoms with Gasteiger partial charge in [-0.3, -0.25) is 0 Å². The molecule has 0 aliphatic rings. The standard InChI is InChI=1S/C11H14N4S/c1-6-11(16-8(3)13-6)10-4-9(5-12)14-7(2)15-10/h4H,5,12H2,1-3H3. The van der Waals surface area contributed by atoms with Crippen LogP contribution in [0.1, 0.15) is 22.2 Å². The van der Waals surface area contributed by atoms with E-state index in [2.05, 4.69) is 15.0 Å². The molecule has 5 heteroatoms. The minimum absolute atomic E-state index is 0.438. The Morgan fingerprint density at radius 2 is 1.94 bits per heavy atom. The van der Waals surface area contributed by atoms with Crippen LogP contribution >= 0.6 is 11.3 Å². The van der Waals surface area contributed by atoms with E-state index < -0.39 is 0 Å². The molecule has 0 spiro atoms. The summed E-state index contributed by atoms with van der Waals surface area (Å²) in [6.07, 6.45) is 0. The quantitative estimate of drug-likeness (QED) is 0.863. The molecule has 0 saturated heterocycles. The van der Waals surface area contributed by atoms with Crippen LogP contribution in [0.25, 0.3) is 10.6 Å². The molecule has 16 heavy (non-hydrogen) atoms. The van der Waals surface area contributed by atoms with Crippen molar-refractivity contribution < 1.29 is 0 Å². The molecule has 2 N–H and O–H groups in total. The van der Waals surface area contributed by atoms with Crippen molar-refractivity contribution >= 4 is 11.3 Å². The van der Waals surface area contributed by atoms with Crippen LogP contribution in [0.4, 0.5) is 0 Å². The summed E-state index contributed by atoms with van der Waals surface area (Å²) in [5.74, 6) is 0.753. The Labute approximate surface area is 98.6 Å². The lowest BCUT2D eigenvalue weighted by Crippen LogP contribution is -2.03. The van der Waals surface area contributed by atoms with Crippen LogP contribution in [-0.4, -0.2) is 15.0 Å². The summed E-state index contributed by atoms with van der Waals surface area (Å²) in [5, 5.41) is 1.05. The van der Waals surface area contributed by atoms with Crippen molar-refractivity contribution in [2.45, 2.75) is 27.3 Å². The maximum atomic E-state index is 5.61. The zero-order valence-electron chi connectivity index (χ0n) is 9.61. The van der Waals surface area contributed by atoms with Crippen LogP contribution in [0.3, 0.4) is 0 Å². The number of rotatable bonds is 2. The molecule has 0 aliphatic heterocycles. The Kier molecular flexibility index (Phi) is 2.98. The molecule has 0 fully saturated rings. The highest BCUT2D eigenvalue weighted by Gasteiger charge is 2.10. The van der Waals surface area contributed by atoms with Gasteiger partial charge in [-0.2, -0.15) is 0 Å². The van der Waals surface area contributed by atoms with Crippen LogP contribution in [-0.2, 0) is 6.54 Å². The highest BCUT2D eigenvalue weighted by molar-refractivity contribution is 7.15. The van der Waals surface area contributed by atoms with Gasteiger partial charge < -0.3 is 5.73 Å². The molecule has 2 aromatic heterocycles. The highest BCUT2D eigenvalue weighted by Crippen LogP contribution is 2.28. The number of aryl methyl sites for hydroxylation is 3. The number of hydrogen-bond donors (Lipinski definition) is 1. The van der Waals surface area contributed by atoms with Gasteiger partial charge in [0.05, 0.1) is 27.0 Å². The zero-order valence-corrected chi connectivity index (χ0v) is 10.4. The van der Waals surface area contributed by atoms with Gasteiger partial charge in [-0.1, -0.05) is 0 Å². The second-order valence-electron chi connectivity index (χ2n) is 3.64.